The van der Waals surface area contributed by atoms with Crippen LogP contribution < -0.4 is 0 Å². The van der Waals surface area contributed by atoms with E-state index in [1.54, 1.807) is 0 Å². The number of hydrogen-bond acceptors (Lipinski definition) is 1. The molecule has 98 valence electrons. The van der Waals surface area contributed by atoms with Crippen LogP contribution in [0.25, 0.3) is 0 Å². The van der Waals surface area contributed by atoms with Gasteiger partial charge in [-0.25, -0.2) is 0 Å². The van der Waals surface area contributed by atoms with Gasteiger partial charge in [-0.1, -0.05) is 36.8 Å². The van der Waals surface area contributed by atoms with Crippen LogP contribution in [-0.2, 0) is 11.2 Å². The van der Waals surface area contributed by atoms with Crippen LogP contribution in [0.4, 0.5) is 0 Å². The second kappa shape index (κ2) is 5.13. The molecule has 0 heterocycles. The van der Waals surface area contributed by atoms with Gasteiger partial charge >= 0.3 is 5.97 Å². The molecule has 0 atom stereocenters. The molecule has 2 heteroatoms. The fourth-order valence-electron chi connectivity index (χ4n) is 2.88. The van der Waals surface area contributed by atoms with Crippen molar-refractivity contribution < 1.29 is 9.90 Å². The Kier molecular flexibility index (Phi) is 3.74. The fourth-order valence-corrected chi connectivity index (χ4v) is 2.88. The van der Waals surface area contributed by atoms with Crippen LogP contribution in [0, 0.1) is 18.3 Å². The monoisotopic (exact) mass is 246 g/mol. The van der Waals surface area contributed by atoms with E-state index in [1.807, 2.05) is 0 Å². The van der Waals surface area contributed by atoms with Gasteiger partial charge in [0.1, 0.15) is 0 Å². The molecule has 0 bridgehead atoms. The van der Waals surface area contributed by atoms with Crippen molar-refractivity contribution in [3.8, 4) is 0 Å². The lowest BCUT2D eigenvalue weighted by molar-refractivity contribution is -0.151. The zero-order chi connectivity index (χ0) is 13.2. The molecule has 1 saturated carbocycles. The summed E-state index contributed by atoms with van der Waals surface area (Å²) < 4.78 is 0. The summed E-state index contributed by atoms with van der Waals surface area (Å²) in [6.07, 6.45) is 4.39. The van der Waals surface area contributed by atoms with Crippen molar-refractivity contribution in [3.63, 3.8) is 0 Å². The van der Waals surface area contributed by atoms with Crippen LogP contribution in [-0.4, -0.2) is 11.1 Å². The molecule has 18 heavy (non-hydrogen) atoms. The molecule has 1 fully saturated rings. The zero-order valence-electron chi connectivity index (χ0n) is 11.3. The van der Waals surface area contributed by atoms with Gasteiger partial charge in [-0.2, -0.15) is 0 Å². The summed E-state index contributed by atoms with van der Waals surface area (Å²) in [4.78, 5) is 11.7. The highest BCUT2D eigenvalue weighted by Crippen LogP contribution is 2.41. The van der Waals surface area contributed by atoms with Crippen molar-refractivity contribution in [2.24, 2.45) is 11.3 Å². The number of aliphatic carboxylic acids is 1. The maximum atomic E-state index is 11.7. The lowest BCUT2D eigenvalue weighted by Crippen LogP contribution is -2.37. The Balaban J connectivity index is 2.16. The molecule has 1 N–H and O–H groups in total. The highest BCUT2D eigenvalue weighted by atomic mass is 16.4. The highest BCUT2D eigenvalue weighted by molar-refractivity contribution is 5.75. The van der Waals surface area contributed by atoms with E-state index in [0.29, 0.717) is 12.3 Å². The van der Waals surface area contributed by atoms with E-state index in [4.69, 9.17) is 0 Å². The van der Waals surface area contributed by atoms with Gasteiger partial charge in [-0.3, -0.25) is 4.79 Å². The highest BCUT2D eigenvalue weighted by Gasteiger charge is 2.41. The number of carboxylic acid groups (broad SMARTS) is 1. The van der Waals surface area contributed by atoms with E-state index >= 15 is 0 Å². The molecular weight excluding hydrogens is 224 g/mol. The van der Waals surface area contributed by atoms with Crippen molar-refractivity contribution in [1.29, 1.82) is 0 Å². The van der Waals surface area contributed by atoms with Gasteiger partial charge in [0.15, 0.2) is 0 Å². The van der Waals surface area contributed by atoms with Crippen LogP contribution in [0.5, 0.6) is 0 Å². The Labute approximate surface area is 109 Å². The normalized spacial score (nSPS) is 28.0. The van der Waals surface area contributed by atoms with Crippen LogP contribution in [0.2, 0.25) is 0 Å². The Hall–Kier alpha value is -1.31. The molecular formula is C16H22O2. The number of carbonyl (C=O) groups is 1. The molecule has 0 unspecified atom stereocenters. The standard InChI is InChI=1S/C16H22O2/c1-12-3-5-14(6-4-12)11-16(15(17)18)9-7-13(2)8-10-16/h3-6,13H,7-11H2,1-2H3,(H,17,18). The lowest BCUT2D eigenvalue weighted by Gasteiger charge is -2.36. The van der Waals surface area contributed by atoms with E-state index in [9.17, 15) is 9.90 Å². The maximum Gasteiger partial charge on any atom is 0.309 e. The quantitative estimate of drug-likeness (QED) is 0.880. The van der Waals surface area contributed by atoms with Crippen LogP contribution in [0.15, 0.2) is 24.3 Å². The average Bonchev–Trinajstić information content (AvgIpc) is 2.35. The predicted octanol–water partition coefficient (Wildman–Crippen LogP) is 3.82. The topological polar surface area (TPSA) is 37.3 Å². The third-order valence-electron chi connectivity index (χ3n) is 4.35. The minimum absolute atomic E-state index is 0.526. The first-order valence-corrected chi connectivity index (χ1v) is 6.81. The first kappa shape index (κ1) is 13.1. The Bertz CT molecular complexity index is 411. The Morgan fingerprint density at radius 1 is 1.28 bits per heavy atom. The molecule has 0 aliphatic heterocycles. The summed E-state index contributed by atoms with van der Waals surface area (Å²) in [7, 11) is 0. The smallest absolute Gasteiger partial charge is 0.309 e. The largest absolute Gasteiger partial charge is 0.481 e. The molecule has 2 rings (SSSR count). The van der Waals surface area contributed by atoms with E-state index in [1.165, 1.54) is 5.56 Å². The third-order valence-corrected chi connectivity index (χ3v) is 4.35. The summed E-state index contributed by atoms with van der Waals surface area (Å²) >= 11 is 0. The second-order valence-corrected chi connectivity index (χ2v) is 5.93. The summed E-state index contributed by atoms with van der Waals surface area (Å²) in [5.74, 6) is 0.0606. The number of rotatable bonds is 3. The van der Waals surface area contributed by atoms with Crippen molar-refractivity contribution in [1.82, 2.24) is 0 Å². The van der Waals surface area contributed by atoms with E-state index < -0.39 is 11.4 Å². The van der Waals surface area contributed by atoms with E-state index in [2.05, 4.69) is 38.1 Å². The number of benzene rings is 1. The van der Waals surface area contributed by atoms with Crippen molar-refractivity contribution in [2.45, 2.75) is 46.0 Å². The molecule has 1 aliphatic rings. The van der Waals surface area contributed by atoms with Gasteiger partial charge in [0.05, 0.1) is 5.41 Å². The molecule has 1 aliphatic carbocycles. The molecule has 1 aromatic rings. The Morgan fingerprint density at radius 3 is 2.33 bits per heavy atom. The third kappa shape index (κ3) is 2.74. The number of hydrogen-bond donors (Lipinski definition) is 1. The lowest BCUT2D eigenvalue weighted by atomic mass is 9.68. The summed E-state index contributed by atoms with van der Waals surface area (Å²) in [6.45, 7) is 4.27. The van der Waals surface area contributed by atoms with Gasteiger partial charge in [0.25, 0.3) is 0 Å². The van der Waals surface area contributed by atoms with Crippen LogP contribution in [0.1, 0.15) is 43.7 Å². The maximum absolute atomic E-state index is 11.7. The fraction of sp³-hybridized carbons (Fsp3) is 0.562. The second-order valence-electron chi connectivity index (χ2n) is 5.93. The summed E-state index contributed by atoms with van der Waals surface area (Å²) in [5, 5.41) is 9.59. The van der Waals surface area contributed by atoms with Crippen molar-refractivity contribution in [3.05, 3.63) is 35.4 Å². The van der Waals surface area contributed by atoms with Crippen molar-refractivity contribution >= 4 is 5.97 Å². The molecule has 2 nitrogen and oxygen atoms in total. The van der Waals surface area contributed by atoms with Gasteiger partial charge < -0.3 is 5.11 Å². The first-order valence-electron chi connectivity index (χ1n) is 6.81. The molecule has 0 radical (unpaired) electrons. The van der Waals surface area contributed by atoms with Gasteiger partial charge in [-0.15, -0.1) is 0 Å². The molecule has 0 spiro atoms. The van der Waals surface area contributed by atoms with Crippen LogP contribution >= 0.6 is 0 Å². The molecule has 0 saturated heterocycles. The van der Waals surface area contributed by atoms with E-state index in [-0.39, 0.29) is 0 Å². The molecule has 1 aromatic carbocycles. The minimum Gasteiger partial charge on any atom is -0.481 e. The first-order chi connectivity index (χ1) is 8.52. The minimum atomic E-state index is -0.616. The van der Waals surface area contributed by atoms with Crippen LogP contribution in [0.3, 0.4) is 0 Å². The zero-order valence-corrected chi connectivity index (χ0v) is 11.3. The number of carboxylic acids is 1. The summed E-state index contributed by atoms with van der Waals surface area (Å²) in [6, 6.07) is 8.27. The number of aryl methyl sites for hydroxylation is 1. The van der Waals surface area contributed by atoms with Gasteiger partial charge in [0, 0.05) is 0 Å². The van der Waals surface area contributed by atoms with Crippen molar-refractivity contribution in [2.75, 3.05) is 0 Å². The molecule has 0 amide bonds. The predicted molar refractivity (Wildman–Crippen MR) is 72.6 cm³/mol. The average molecular weight is 246 g/mol. The van der Waals surface area contributed by atoms with E-state index in [0.717, 1.165) is 31.2 Å². The summed E-state index contributed by atoms with van der Waals surface area (Å²) in [5.41, 5.74) is 1.85. The van der Waals surface area contributed by atoms with Gasteiger partial charge in [-0.05, 0) is 50.5 Å². The Morgan fingerprint density at radius 2 is 1.83 bits per heavy atom. The molecule has 0 aromatic heterocycles. The van der Waals surface area contributed by atoms with Gasteiger partial charge in [0.2, 0.25) is 0 Å². The SMILES string of the molecule is Cc1ccc(CC2(C(=O)O)CCC(C)CC2)cc1.